The molecule has 0 radical (unpaired) electrons. The summed E-state index contributed by atoms with van der Waals surface area (Å²) < 4.78 is 0. The van der Waals surface area contributed by atoms with Crippen LogP contribution in [-0.2, 0) is 0 Å². The number of phenols is 1. The summed E-state index contributed by atoms with van der Waals surface area (Å²) in [4.78, 5) is 4.00. The molecule has 1 N–H and O–H groups in total. The van der Waals surface area contributed by atoms with Crippen molar-refractivity contribution in [2.24, 2.45) is 0 Å². The van der Waals surface area contributed by atoms with Crippen molar-refractivity contribution in [3.8, 4) is 5.75 Å². The van der Waals surface area contributed by atoms with E-state index in [4.69, 9.17) is 0 Å². The monoisotopic (exact) mass is 167 g/mol. The molecule has 0 saturated heterocycles. The van der Waals surface area contributed by atoms with E-state index in [2.05, 4.69) is 11.1 Å². The van der Waals surface area contributed by atoms with Gasteiger partial charge in [0.15, 0.2) is 0 Å². The van der Waals surface area contributed by atoms with E-state index in [9.17, 15) is 5.11 Å². The number of benzene rings is 1. The first kappa shape index (κ1) is 9.52. The van der Waals surface area contributed by atoms with Crippen molar-refractivity contribution in [1.29, 1.82) is 0 Å². The molecule has 0 bridgehead atoms. The fourth-order valence-electron chi connectivity index (χ4n) is 1.02. The third-order valence-corrected chi connectivity index (χ3v) is 1.53. The first-order valence-corrected chi connectivity index (χ1v) is 3.32. The molecule has 0 aliphatic heterocycles. The van der Waals surface area contributed by atoms with Gasteiger partial charge in [-0.05, 0) is 0 Å². The van der Waals surface area contributed by atoms with E-state index in [0.717, 1.165) is 5.39 Å². The van der Waals surface area contributed by atoms with Gasteiger partial charge in [-0.3, -0.25) is 0 Å². The third-order valence-electron chi connectivity index (χ3n) is 1.53. The second kappa shape index (κ2) is 3.90. The van der Waals surface area contributed by atoms with Crippen molar-refractivity contribution in [2.45, 2.75) is 0 Å². The average Bonchev–Trinajstić information content (AvgIpc) is 2.06. The van der Waals surface area contributed by atoms with Gasteiger partial charge in [0.1, 0.15) is 0 Å². The number of hydrogen-bond acceptors (Lipinski definition) is 2. The normalized spacial score (nSPS) is 9.33. The van der Waals surface area contributed by atoms with Crippen LogP contribution in [0.25, 0.3) is 10.9 Å². The summed E-state index contributed by atoms with van der Waals surface area (Å²) >= 11 is 0. The Morgan fingerprint density at radius 2 is 2.17 bits per heavy atom. The molecule has 0 saturated carbocycles. The van der Waals surface area contributed by atoms with Gasteiger partial charge in [-0.2, -0.15) is 0 Å². The van der Waals surface area contributed by atoms with Gasteiger partial charge in [-0.25, -0.2) is 0 Å². The number of pyridine rings is 1. The molecule has 2 rings (SSSR count). The molecule has 3 heteroatoms. The van der Waals surface area contributed by atoms with Gasteiger partial charge in [-0.15, -0.1) is 23.6 Å². The van der Waals surface area contributed by atoms with E-state index < -0.39 is 0 Å². The maximum absolute atomic E-state index is 9.29. The first-order chi connectivity index (χ1) is 5.38. The number of nitrogens with zero attached hydrogens (tertiary/aromatic N) is 1. The van der Waals surface area contributed by atoms with Gasteiger partial charge >= 0.3 is 29.6 Å². The van der Waals surface area contributed by atoms with Crippen molar-refractivity contribution in [3.63, 3.8) is 0 Å². The Bertz CT molecular complexity index is 384. The molecule has 0 spiro atoms. The largest absolute Gasteiger partial charge is 1.00 e. The molecule has 1 aromatic carbocycles. The van der Waals surface area contributed by atoms with Crippen LogP contribution in [0.5, 0.6) is 5.75 Å². The van der Waals surface area contributed by atoms with Crippen molar-refractivity contribution >= 4 is 10.9 Å². The second-order valence-electron chi connectivity index (χ2n) is 2.26. The molecule has 0 fully saturated rings. The molecular formula is C9H6NNaO. The van der Waals surface area contributed by atoms with Crippen LogP contribution in [-0.4, -0.2) is 10.1 Å². The Morgan fingerprint density at radius 3 is 2.92 bits per heavy atom. The summed E-state index contributed by atoms with van der Waals surface area (Å²) in [5.74, 6) is 0.208. The van der Waals surface area contributed by atoms with Gasteiger partial charge in [0.25, 0.3) is 0 Å². The Hall–Kier alpha value is -0.570. The Morgan fingerprint density at radius 1 is 1.33 bits per heavy atom. The fraction of sp³-hybridized carbons (Fsp3) is 0. The minimum absolute atomic E-state index is 0. The van der Waals surface area contributed by atoms with E-state index in [1.54, 1.807) is 18.3 Å². The molecule has 2 aromatic rings. The quantitative estimate of drug-likeness (QED) is 0.392. The smallest absolute Gasteiger partial charge is 0.525 e. The second-order valence-corrected chi connectivity index (χ2v) is 2.26. The Kier molecular flexibility index (Phi) is 3.09. The Labute approximate surface area is 92.5 Å². The van der Waals surface area contributed by atoms with Crippen molar-refractivity contribution in [3.05, 3.63) is 36.5 Å². The SMILES string of the molecule is Oc1cc[c-]c2cccnc12.[Na+]. The van der Waals surface area contributed by atoms with Crippen LogP contribution < -0.4 is 29.6 Å². The molecule has 0 unspecified atom stereocenters. The predicted molar refractivity (Wildman–Crippen MR) is 42.2 cm³/mol. The number of phenolic OH excluding ortho intramolecular Hbond substituents is 1. The molecule has 0 amide bonds. The van der Waals surface area contributed by atoms with Crippen LogP contribution in [0.2, 0.25) is 0 Å². The van der Waals surface area contributed by atoms with Gasteiger partial charge in [0.05, 0.1) is 5.75 Å². The van der Waals surface area contributed by atoms with E-state index in [1.165, 1.54) is 0 Å². The number of aromatic nitrogens is 1. The van der Waals surface area contributed by atoms with Crippen LogP contribution in [0.4, 0.5) is 0 Å². The number of aromatic hydroxyl groups is 1. The minimum Gasteiger partial charge on any atom is -0.525 e. The maximum Gasteiger partial charge on any atom is 1.00 e. The molecule has 0 aliphatic carbocycles. The van der Waals surface area contributed by atoms with Crippen LogP contribution in [0, 0.1) is 6.07 Å². The van der Waals surface area contributed by atoms with Crippen molar-refractivity contribution < 1.29 is 34.7 Å². The maximum atomic E-state index is 9.29. The van der Waals surface area contributed by atoms with Crippen LogP contribution in [0.15, 0.2) is 30.5 Å². The van der Waals surface area contributed by atoms with Crippen molar-refractivity contribution in [2.75, 3.05) is 0 Å². The molecule has 0 aliphatic rings. The standard InChI is InChI=1S/C9H6NO.Na/c11-8-5-1-3-7-4-2-6-10-9(7)8;/h1-2,4-6,11H;/q-1;+1. The molecule has 54 valence electrons. The van der Waals surface area contributed by atoms with Crippen LogP contribution in [0.3, 0.4) is 0 Å². The summed E-state index contributed by atoms with van der Waals surface area (Å²) in [6, 6.07) is 9.91. The van der Waals surface area contributed by atoms with E-state index in [1.807, 2.05) is 12.1 Å². The summed E-state index contributed by atoms with van der Waals surface area (Å²) in [5, 5.41) is 10.1. The molecular weight excluding hydrogens is 161 g/mol. The van der Waals surface area contributed by atoms with E-state index in [-0.39, 0.29) is 35.3 Å². The first-order valence-electron chi connectivity index (χ1n) is 3.32. The molecule has 0 atom stereocenters. The zero-order valence-electron chi connectivity index (χ0n) is 6.78. The van der Waals surface area contributed by atoms with E-state index >= 15 is 0 Å². The topological polar surface area (TPSA) is 33.1 Å². The predicted octanol–water partition coefficient (Wildman–Crippen LogP) is -1.26. The molecule has 12 heavy (non-hydrogen) atoms. The van der Waals surface area contributed by atoms with E-state index in [0.29, 0.717) is 5.52 Å². The molecule has 1 heterocycles. The van der Waals surface area contributed by atoms with Gasteiger partial charge in [0.2, 0.25) is 0 Å². The number of fused-ring (bicyclic) bond motifs is 1. The third kappa shape index (κ3) is 1.61. The zero-order valence-corrected chi connectivity index (χ0v) is 8.78. The van der Waals surface area contributed by atoms with Gasteiger partial charge < -0.3 is 10.1 Å². The fourth-order valence-corrected chi connectivity index (χ4v) is 1.02. The molecule has 2 nitrogen and oxygen atoms in total. The zero-order chi connectivity index (χ0) is 7.68. The molecule has 1 aromatic heterocycles. The summed E-state index contributed by atoms with van der Waals surface area (Å²) in [7, 11) is 0. The van der Waals surface area contributed by atoms with Crippen LogP contribution in [0.1, 0.15) is 0 Å². The number of rotatable bonds is 0. The van der Waals surface area contributed by atoms with Gasteiger partial charge in [0, 0.05) is 11.7 Å². The van der Waals surface area contributed by atoms with Crippen LogP contribution >= 0.6 is 0 Å². The summed E-state index contributed by atoms with van der Waals surface area (Å²) in [5.41, 5.74) is 0.606. The summed E-state index contributed by atoms with van der Waals surface area (Å²) in [6.07, 6.45) is 1.65. The van der Waals surface area contributed by atoms with Gasteiger partial charge in [-0.1, -0.05) is 12.1 Å². The average molecular weight is 167 g/mol. The minimum atomic E-state index is 0. The summed E-state index contributed by atoms with van der Waals surface area (Å²) in [6.45, 7) is 0. The van der Waals surface area contributed by atoms with Crippen molar-refractivity contribution in [1.82, 2.24) is 4.98 Å². The number of hydrogen-bond donors (Lipinski definition) is 1. The Balaban J connectivity index is 0.000000720.